The minimum atomic E-state index is 0.0897. The van der Waals surface area contributed by atoms with Gasteiger partial charge in [-0.3, -0.25) is 0 Å². The quantitative estimate of drug-likeness (QED) is 0.830. The molecule has 2 aliphatic heterocycles. The second-order valence-electron chi connectivity index (χ2n) is 5.69. The van der Waals surface area contributed by atoms with Gasteiger partial charge in [0.15, 0.2) is 0 Å². The highest BCUT2D eigenvalue weighted by atomic mass is 16.5. The van der Waals surface area contributed by atoms with Crippen LogP contribution in [0, 0.1) is 5.92 Å². The van der Waals surface area contributed by atoms with E-state index in [9.17, 15) is 0 Å². The average Bonchev–Trinajstić information content (AvgIpc) is 2.55. The van der Waals surface area contributed by atoms with Crippen LogP contribution in [-0.2, 0) is 4.74 Å². The van der Waals surface area contributed by atoms with Crippen LogP contribution in [0.3, 0.4) is 0 Å². The van der Waals surface area contributed by atoms with Crippen LogP contribution in [0.4, 0.5) is 0 Å². The lowest BCUT2D eigenvalue weighted by molar-refractivity contribution is 0.213. The van der Waals surface area contributed by atoms with E-state index < -0.39 is 0 Å². The number of hydrogen-bond donors (Lipinski definition) is 1. The molecule has 2 unspecified atom stereocenters. The van der Waals surface area contributed by atoms with E-state index in [1.54, 1.807) is 0 Å². The zero-order valence-electron chi connectivity index (χ0n) is 11.5. The van der Waals surface area contributed by atoms with Crippen molar-refractivity contribution < 1.29 is 4.74 Å². The lowest BCUT2D eigenvalue weighted by Crippen LogP contribution is -2.42. The van der Waals surface area contributed by atoms with Gasteiger partial charge in [-0.05, 0) is 30.7 Å². The van der Waals surface area contributed by atoms with Gasteiger partial charge in [0.25, 0.3) is 0 Å². The summed E-state index contributed by atoms with van der Waals surface area (Å²) >= 11 is 0. The minimum absolute atomic E-state index is 0.0897. The maximum absolute atomic E-state index is 6.36. The number of nitrogens with one attached hydrogen (secondary N) is 1. The third-order valence-corrected chi connectivity index (χ3v) is 4.40. The first-order valence-electron chi connectivity index (χ1n) is 7.49. The fourth-order valence-electron chi connectivity index (χ4n) is 3.41. The largest absolute Gasteiger partial charge is 0.485 e. The molecule has 2 heterocycles. The fourth-order valence-corrected chi connectivity index (χ4v) is 3.41. The molecule has 2 nitrogen and oxygen atoms in total. The van der Waals surface area contributed by atoms with Crippen LogP contribution < -0.4 is 15.8 Å². The average molecular weight is 265 g/mol. The highest BCUT2D eigenvalue weighted by molar-refractivity contribution is 5.69. The highest BCUT2D eigenvalue weighted by Crippen LogP contribution is 2.27. The Bertz CT molecular complexity index is 692. The Morgan fingerprint density at radius 3 is 2.85 bits per heavy atom. The summed E-state index contributed by atoms with van der Waals surface area (Å²) in [6, 6.07) is 8.66. The molecular formula is C18H19NO. The predicted octanol–water partition coefficient (Wildman–Crippen LogP) is 1.47. The lowest BCUT2D eigenvalue weighted by Gasteiger charge is -2.31. The van der Waals surface area contributed by atoms with Crippen molar-refractivity contribution in [3.63, 3.8) is 0 Å². The SMILES string of the molecule is C1=CC2=c3ccccc3=C(C3CCCNC3)OC2C=C1. The van der Waals surface area contributed by atoms with Gasteiger partial charge >= 0.3 is 0 Å². The molecule has 0 aromatic heterocycles. The summed E-state index contributed by atoms with van der Waals surface area (Å²) in [5.74, 6) is 1.69. The molecule has 0 amide bonds. The second-order valence-corrected chi connectivity index (χ2v) is 5.69. The monoisotopic (exact) mass is 265 g/mol. The number of allylic oxidation sites excluding steroid dienone is 2. The van der Waals surface area contributed by atoms with Gasteiger partial charge in [-0.25, -0.2) is 0 Å². The van der Waals surface area contributed by atoms with Crippen LogP contribution in [0.25, 0.3) is 11.3 Å². The number of benzene rings is 1. The molecule has 3 aliphatic rings. The molecule has 2 atom stereocenters. The summed E-state index contributed by atoms with van der Waals surface area (Å²) < 4.78 is 6.36. The van der Waals surface area contributed by atoms with Gasteiger partial charge in [-0.2, -0.15) is 0 Å². The van der Waals surface area contributed by atoms with Gasteiger partial charge in [-0.1, -0.05) is 42.5 Å². The van der Waals surface area contributed by atoms with Crippen molar-refractivity contribution in [2.45, 2.75) is 18.9 Å². The normalized spacial score (nSPS) is 27.8. The predicted molar refractivity (Wildman–Crippen MR) is 81.3 cm³/mol. The van der Waals surface area contributed by atoms with E-state index in [-0.39, 0.29) is 6.10 Å². The zero-order chi connectivity index (χ0) is 13.4. The molecule has 0 spiro atoms. The van der Waals surface area contributed by atoms with Crippen LogP contribution in [0.15, 0.2) is 48.6 Å². The molecule has 0 radical (unpaired) electrons. The van der Waals surface area contributed by atoms with Crippen molar-refractivity contribution in [3.05, 3.63) is 59.0 Å². The Morgan fingerprint density at radius 1 is 1.10 bits per heavy atom. The molecule has 2 heteroatoms. The van der Waals surface area contributed by atoms with E-state index >= 15 is 0 Å². The van der Waals surface area contributed by atoms with E-state index in [0.717, 1.165) is 13.1 Å². The minimum Gasteiger partial charge on any atom is -0.485 e. The summed E-state index contributed by atoms with van der Waals surface area (Å²) in [6.45, 7) is 2.17. The standard InChI is InChI=1S/C18H19NO/c1-2-9-16-14(7-1)15-8-3-4-10-17(15)20-18(16)13-6-5-11-19-12-13/h1-4,7-10,13,17,19H,5-6,11-12H2. The molecule has 1 aliphatic carbocycles. The van der Waals surface area contributed by atoms with E-state index in [4.69, 9.17) is 4.74 Å². The van der Waals surface area contributed by atoms with Crippen LogP contribution in [0.5, 0.6) is 0 Å². The molecule has 1 saturated heterocycles. The first-order valence-corrected chi connectivity index (χ1v) is 7.49. The van der Waals surface area contributed by atoms with E-state index in [0.29, 0.717) is 5.92 Å². The van der Waals surface area contributed by atoms with Gasteiger partial charge in [0.2, 0.25) is 0 Å². The number of ether oxygens (including phenoxy) is 1. The van der Waals surface area contributed by atoms with Crippen molar-refractivity contribution in [1.29, 1.82) is 0 Å². The van der Waals surface area contributed by atoms with Gasteiger partial charge in [0.05, 0.1) is 0 Å². The number of piperidine rings is 1. The van der Waals surface area contributed by atoms with Gasteiger partial charge < -0.3 is 10.1 Å². The van der Waals surface area contributed by atoms with Gasteiger partial charge in [-0.15, -0.1) is 0 Å². The number of fused-ring (bicyclic) bond motifs is 2. The molecule has 0 bridgehead atoms. The first kappa shape index (κ1) is 12.0. The van der Waals surface area contributed by atoms with Crippen LogP contribution in [0.1, 0.15) is 12.8 Å². The molecule has 102 valence electrons. The summed E-state index contributed by atoms with van der Waals surface area (Å²) in [6.07, 6.45) is 11.1. The van der Waals surface area contributed by atoms with Crippen molar-refractivity contribution in [2.24, 2.45) is 5.92 Å². The molecule has 1 fully saturated rings. The molecule has 0 saturated carbocycles. The molecule has 4 rings (SSSR count). The molecule has 1 aromatic rings. The topological polar surface area (TPSA) is 21.3 Å². The summed E-state index contributed by atoms with van der Waals surface area (Å²) in [4.78, 5) is 0. The van der Waals surface area contributed by atoms with Crippen LogP contribution in [0.2, 0.25) is 0 Å². The zero-order valence-corrected chi connectivity index (χ0v) is 11.5. The van der Waals surface area contributed by atoms with Crippen LogP contribution >= 0.6 is 0 Å². The van der Waals surface area contributed by atoms with Crippen molar-refractivity contribution in [3.8, 4) is 0 Å². The Labute approximate surface area is 119 Å². The Morgan fingerprint density at radius 2 is 2.00 bits per heavy atom. The fraction of sp³-hybridized carbons (Fsp3) is 0.333. The Balaban J connectivity index is 1.94. The second kappa shape index (κ2) is 4.95. The molecule has 1 N–H and O–H groups in total. The number of rotatable bonds is 1. The molecule has 20 heavy (non-hydrogen) atoms. The van der Waals surface area contributed by atoms with Gasteiger partial charge in [0, 0.05) is 23.3 Å². The van der Waals surface area contributed by atoms with Crippen molar-refractivity contribution >= 4 is 11.3 Å². The maximum Gasteiger partial charge on any atom is 0.142 e. The third kappa shape index (κ3) is 1.92. The van der Waals surface area contributed by atoms with E-state index in [1.165, 1.54) is 34.6 Å². The smallest absolute Gasteiger partial charge is 0.142 e. The summed E-state index contributed by atoms with van der Waals surface area (Å²) in [7, 11) is 0. The number of hydrogen-bond acceptors (Lipinski definition) is 2. The van der Waals surface area contributed by atoms with Crippen molar-refractivity contribution in [2.75, 3.05) is 13.1 Å². The summed E-state index contributed by atoms with van der Waals surface area (Å²) in [5, 5.41) is 6.12. The van der Waals surface area contributed by atoms with Crippen molar-refractivity contribution in [1.82, 2.24) is 5.32 Å². The lowest BCUT2D eigenvalue weighted by atomic mass is 9.91. The Kier molecular flexibility index (Phi) is 2.96. The van der Waals surface area contributed by atoms with E-state index in [1.807, 2.05) is 0 Å². The maximum atomic E-state index is 6.36. The molecule has 1 aromatic carbocycles. The first-order chi connectivity index (χ1) is 9.93. The van der Waals surface area contributed by atoms with Crippen LogP contribution in [-0.4, -0.2) is 19.2 Å². The van der Waals surface area contributed by atoms with E-state index in [2.05, 4.69) is 53.9 Å². The Hall–Kier alpha value is -1.80. The summed E-state index contributed by atoms with van der Waals surface area (Å²) in [5.41, 5.74) is 1.29. The highest BCUT2D eigenvalue weighted by Gasteiger charge is 2.26. The third-order valence-electron chi connectivity index (χ3n) is 4.40. The van der Waals surface area contributed by atoms with Gasteiger partial charge in [0.1, 0.15) is 11.9 Å². The molecular weight excluding hydrogens is 246 g/mol.